The molecule has 0 heterocycles. The average molecular weight is 338 g/mol. The SMILES string of the molecule is Cc1ccc(C(=O)N/N=C/c2c3ccccc3cc3ccccc23)cc1. The lowest BCUT2D eigenvalue weighted by Crippen LogP contribution is -2.17. The minimum absolute atomic E-state index is 0.217. The maximum atomic E-state index is 12.2. The molecule has 0 unspecified atom stereocenters. The van der Waals surface area contributed by atoms with E-state index in [0.717, 1.165) is 32.7 Å². The van der Waals surface area contributed by atoms with Gasteiger partial charge in [-0.3, -0.25) is 4.79 Å². The molecule has 26 heavy (non-hydrogen) atoms. The van der Waals surface area contributed by atoms with Crippen LogP contribution in [0.25, 0.3) is 21.5 Å². The Kier molecular flexibility index (Phi) is 4.20. The normalized spacial score (nSPS) is 11.3. The van der Waals surface area contributed by atoms with Crippen LogP contribution in [0.2, 0.25) is 0 Å². The van der Waals surface area contributed by atoms with E-state index in [1.165, 1.54) is 0 Å². The van der Waals surface area contributed by atoms with E-state index < -0.39 is 0 Å². The summed E-state index contributed by atoms with van der Waals surface area (Å²) in [6.45, 7) is 1.99. The molecule has 0 saturated carbocycles. The molecule has 0 spiro atoms. The van der Waals surface area contributed by atoms with Gasteiger partial charge in [-0.05, 0) is 46.7 Å². The van der Waals surface area contributed by atoms with Gasteiger partial charge in [0.15, 0.2) is 0 Å². The number of aryl methyl sites for hydroxylation is 1. The highest BCUT2D eigenvalue weighted by Crippen LogP contribution is 2.27. The zero-order valence-electron chi connectivity index (χ0n) is 14.4. The van der Waals surface area contributed by atoms with E-state index in [-0.39, 0.29) is 5.91 Å². The number of rotatable bonds is 3. The molecule has 0 aliphatic heterocycles. The number of fused-ring (bicyclic) bond motifs is 2. The highest BCUT2D eigenvalue weighted by Gasteiger charge is 2.06. The number of hydrazone groups is 1. The van der Waals surface area contributed by atoms with Crippen LogP contribution >= 0.6 is 0 Å². The summed E-state index contributed by atoms with van der Waals surface area (Å²) in [6, 6.07) is 26.0. The average Bonchev–Trinajstić information content (AvgIpc) is 2.68. The Bertz CT molecular complexity index is 1070. The lowest BCUT2D eigenvalue weighted by molar-refractivity contribution is 0.0955. The summed E-state index contributed by atoms with van der Waals surface area (Å²) in [7, 11) is 0. The van der Waals surface area contributed by atoms with Crippen molar-refractivity contribution in [3.05, 3.63) is 95.6 Å². The van der Waals surface area contributed by atoms with Gasteiger partial charge in [0.2, 0.25) is 0 Å². The van der Waals surface area contributed by atoms with Gasteiger partial charge in [-0.25, -0.2) is 5.43 Å². The fourth-order valence-electron chi connectivity index (χ4n) is 3.11. The quantitative estimate of drug-likeness (QED) is 0.316. The molecule has 3 heteroatoms. The summed E-state index contributed by atoms with van der Waals surface area (Å²) in [5, 5.41) is 8.74. The third kappa shape index (κ3) is 3.07. The maximum Gasteiger partial charge on any atom is 0.271 e. The Morgan fingerprint density at radius 1 is 0.846 bits per heavy atom. The van der Waals surface area contributed by atoms with Gasteiger partial charge < -0.3 is 0 Å². The van der Waals surface area contributed by atoms with Gasteiger partial charge in [-0.2, -0.15) is 5.10 Å². The molecule has 0 radical (unpaired) electrons. The first kappa shape index (κ1) is 16.0. The summed E-state index contributed by atoms with van der Waals surface area (Å²) in [5.74, 6) is -0.217. The lowest BCUT2D eigenvalue weighted by atomic mass is 9.97. The van der Waals surface area contributed by atoms with Gasteiger partial charge in [0, 0.05) is 11.1 Å². The molecule has 0 aliphatic carbocycles. The minimum Gasteiger partial charge on any atom is -0.267 e. The van der Waals surface area contributed by atoms with Gasteiger partial charge in [-0.15, -0.1) is 0 Å². The van der Waals surface area contributed by atoms with E-state index in [1.54, 1.807) is 18.3 Å². The zero-order valence-corrected chi connectivity index (χ0v) is 14.4. The largest absolute Gasteiger partial charge is 0.271 e. The van der Waals surface area contributed by atoms with E-state index in [1.807, 2.05) is 43.3 Å². The zero-order chi connectivity index (χ0) is 17.9. The highest BCUT2D eigenvalue weighted by atomic mass is 16.2. The molecule has 4 rings (SSSR count). The Morgan fingerprint density at radius 2 is 1.42 bits per heavy atom. The monoisotopic (exact) mass is 338 g/mol. The Labute approximate surface area is 152 Å². The smallest absolute Gasteiger partial charge is 0.267 e. The van der Waals surface area contributed by atoms with Crippen molar-refractivity contribution in [1.82, 2.24) is 5.43 Å². The van der Waals surface area contributed by atoms with Crippen LogP contribution in [0.1, 0.15) is 21.5 Å². The van der Waals surface area contributed by atoms with Crippen molar-refractivity contribution in [3.63, 3.8) is 0 Å². The second-order valence-corrected chi connectivity index (χ2v) is 6.30. The first-order valence-electron chi connectivity index (χ1n) is 8.53. The third-order valence-corrected chi connectivity index (χ3v) is 4.49. The number of benzene rings is 4. The summed E-state index contributed by atoms with van der Waals surface area (Å²) in [4.78, 5) is 12.2. The van der Waals surface area contributed by atoms with Crippen molar-refractivity contribution < 1.29 is 4.79 Å². The number of carbonyl (C=O) groups excluding carboxylic acids is 1. The van der Waals surface area contributed by atoms with Crippen molar-refractivity contribution in [3.8, 4) is 0 Å². The first-order valence-corrected chi connectivity index (χ1v) is 8.53. The molecule has 0 aromatic heterocycles. The molecule has 0 fully saturated rings. The topological polar surface area (TPSA) is 41.5 Å². The van der Waals surface area contributed by atoms with Crippen LogP contribution in [0.4, 0.5) is 0 Å². The molecule has 1 amide bonds. The van der Waals surface area contributed by atoms with Crippen LogP contribution in [0.15, 0.2) is 84.0 Å². The molecule has 3 nitrogen and oxygen atoms in total. The number of amides is 1. The fraction of sp³-hybridized carbons (Fsp3) is 0.0435. The first-order chi connectivity index (χ1) is 12.7. The predicted molar refractivity (Wildman–Crippen MR) is 108 cm³/mol. The second-order valence-electron chi connectivity index (χ2n) is 6.30. The van der Waals surface area contributed by atoms with Gasteiger partial charge in [0.05, 0.1) is 6.21 Å². The lowest BCUT2D eigenvalue weighted by Gasteiger charge is -2.08. The summed E-state index contributed by atoms with van der Waals surface area (Å²) in [5.41, 5.74) is 5.34. The molecular formula is C23H18N2O. The van der Waals surface area contributed by atoms with Crippen molar-refractivity contribution in [2.45, 2.75) is 6.92 Å². The third-order valence-electron chi connectivity index (χ3n) is 4.49. The van der Waals surface area contributed by atoms with Crippen LogP contribution in [0.3, 0.4) is 0 Å². The van der Waals surface area contributed by atoms with E-state index in [2.05, 4.69) is 40.9 Å². The fourth-order valence-corrected chi connectivity index (χ4v) is 3.11. The van der Waals surface area contributed by atoms with Gasteiger partial charge in [-0.1, -0.05) is 66.2 Å². The Morgan fingerprint density at radius 3 is 2.04 bits per heavy atom. The molecule has 126 valence electrons. The summed E-state index contributed by atoms with van der Waals surface area (Å²) >= 11 is 0. The summed E-state index contributed by atoms with van der Waals surface area (Å²) in [6.07, 6.45) is 1.73. The van der Waals surface area contributed by atoms with E-state index in [9.17, 15) is 4.79 Å². The Balaban J connectivity index is 1.70. The molecular weight excluding hydrogens is 320 g/mol. The molecule has 1 N–H and O–H groups in total. The van der Waals surface area contributed by atoms with Crippen LogP contribution in [-0.4, -0.2) is 12.1 Å². The van der Waals surface area contributed by atoms with E-state index >= 15 is 0 Å². The van der Waals surface area contributed by atoms with Gasteiger partial charge >= 0.3 is 0 Å². The van der Waals surface area contributed by atoms with Crippen molar-refractivity contribution >= 4 is 33.7 Å². The number of hydrogen-bond donors (Lipinski definition) is 1. The van der Waals surface area contributed by atoms with E-state index in [4.69, 9.17) is 0 Å². The van der Waals surface area contributed by atoms with E-state index in [0.29, 0.717) is 5.56 Å². The van der Waals surface area contributed by atoms with Crippen LogP contribution < -0.4 is 5.43 Å². The minimum atomic E-state index is -0.217. The number of carbonyl (C=O) groups is 1. The maximum absolute atomic E-state index is 12.2. The van der Waals surface area contributed by atoms with Gasteiger partial charge in [0.25, 0.3) is 5.91 Å². The number of nitrogens with zero attached hydrogens (tertiary/aromatic N) is 1. The van der Waals surface area contributed by atoms with Crippen molar-refractivity contribution in [2.24, 2.45) is 5.10 Å². The second kappa shape index (κ2) is 6.81. The van der Waals surface area contributed by atoms with Crippen molar-refractivity contribution in [2.75, 3.05) is 0 Å². The molecule has 0 aliphatic rings. The molecule has 4 aromatic carbocycles. The molecule has 0 bridgehead atoms. The predicted octanol–water partition coefficient (Wildman–Crippen LogP) is 5.07. The molecule has 0 atom stereocenters. The van der Waals surface area contributed by atoms with Gasteiger partial charge in [0.1, 0.15) is 0 Å². The number of nitrogens with one attached hydrogen (secondary N) is 1. The Hall–Kier alpha value is -3.46. The standard InChI is InChI=1S/C23H18N2O/c1-16-10-12-17(13-11-16)23(26)25-24-15-22-20-8-4-2-6-18(20)14-19-7-3-5-9-21(19)22/h2-15H,1H3,(H,25,26)/b24-15+. The van der Waals surface area contributed by atoms with Crippen LogP contribution in [0.5, 0.6) is 0 Å². The number of hydrogen-bond acceptors (Lipinski definition) is 2. The van der Waals surface area contributed by atoms with Crippen molar-refractivity contribution in [1.29, 1.82) is 0 Å². The highest BCUT2D eigenvalue weighted by molar-refractivity contribution is 6.13. The van der Waals surface area contributed by atoms with Crippen LogP contribution in [-0.2, 0) is 0 Å². The molecule has 4 aromatic rings. The van der Waals surface area contributed by atoms with Crippen LogP contribution in [0, 0.1) is 6.92 Å². The summed E-state index contributed by atoms with van der Waals surface area (Å²) < 4.78 is 0. The molecule has 0 saturated heterocycles.